The first-order valence-corrected chi connectivity index (χ1v) is 12.1. The van der Waals surface area contributed by atoms with Gasteiger partial charge in [-0.3, -0.25) is 9.69 Å². The molecule has 3 aromatic rings. The highest BCUT2D eigenvalue weighted by Crippen LogP contribution is 2.41. The number of carbonyl (C=O) groups is 1. The Hall–Kier alpha value is -3.05. The third-order valence-electron chi connectivity index (χ3n) is 7.38. The molecule has 0 bridgehead atoms. The fourth-order valence-electron chi connectivity index (χ4n) is 5.67. The van der Waals surface area contributed by atoms with Gasteiger partial charge in [0, 0.05) is 49.3 Å². The quantitative estimate of drug-likeness (QED) is 0.584. The second-order valence-electron chi connectivity index (χ2n) is 9.06. The molecular formula is C28H33N3O2. The Labute approximate surface area is 196 Å². The first-order valence-electron chi connectivity index (χ1n) is 12.1. The van der Waals surface area contributed by atoms with E-state index >= 15 is 0 Å². The number of hydrogen-bond donors (Lipinski definition) is 1. The molecule has 2 atom stereocenters. The number of H-pyrrole nitrogens is 1. The molecule has 5 rings (SSSR count). The molecule has 0 saturated heterocycles. The van der Waals surface area contributed by atoms with Crippen LogP contribution < -0.4 is 4.74 Å². The number of nitrogens with zero attached hydrogens (tertiary/aromatic N) is 2. The van der Waals surface area contributed by atoms with E-state index in [1.165, 1.54) is 33.2 Å². The smallest absolute Gasteiger partial charge is 0.230 e. The number of methoxy groups -OCH3 is 1. The maximum absolute atomic E-state index is 13.4. The highest BCUT2D eigenvalue weighted by molar-refractivity contribution is 5.99. The van der Waals surface area contributed by atoms with Crippen molar-refractivity contribution in [2.45, 2.75) is 32.7 Å². The zero-order chi connectivity index (χ0) is 22.9. The molecule has 1 unspecified atom stereocenters. The number of amides is 1. The SMILES string of the molecule is CCN(CC)C(=O)[C@@H]1C=C2c3cccc4[nH]cc(c34)CC2N(CCc2ccccc2OC)C1. The molecule has 172 valence electrons. The van der Waals surface area contributed by atoms with Crippen molar-refractivity contribution in [3.8, 4) is 5.75 Å². The van der Waals surface area contributed by atoms with Crippen LogP contribution in [0.3, 0.4) is 0 Å². The van der Waals surface area contributed by atoms with Crippen molar-refractivity contribution in [2.75, 3.05) is 33.3 Å². The van der Waals surface area contributed by atoms with Crippen molar-refractivity contribution in [3.05, 3.63) is 71.4 Å². The summed E-state index contributed by atoms with van der Waals surface area (Å²) in [6, 6.07) is 15.0. The van der Waals surface area contributed by atoms with E-state index in [2.05, 4.69) is 66.3 Å². The fourth-order valence-corrected chi connectivity index (χ4v) is 5.67. The van der Waals surface area contributed by atoms with Crippen molar-refractivity contribution in [2.24, 2.45) is 5.92 Å². The normalized spacial score (nSPS) is 19.8. The van der Waals surface area contributed by atoms with Gasteiger partial charge in [0.25, 0.3) is 0 Å². The van der Waals surface area contributed by atoms with Crippen LogP contribution in [0.1, 0.15) is 30.5 Å². The Balaban J connectivity index is 1.51. The van der Waals surface area contributed by atoms with Gasteiger partial charge in [-0.05, 0) is 61.1 Å². The molecule has 1 amide bonds. The number of fused-ring (bicyclic) bond motifs is 2. The molecule has 33 heavy (non-hydrogen) atoms. The summed E-state index contributed by atoms with van der Waals surface area (Å²) in [5, 5.41) is 1.32. The number of para-hydroxylation sites is 1. The summed E-state index contributed by atoms with van der Waals surface area (Å²) in [5.41, 5.74) is 6.35. The lowest BCUT2D eigenvalue weighted by atomic mass is 9.79. The predicted molar refractivity (Wildman–Crippen MR) is 133 cm³/mol. The van der Waals surface area contributed by atoms with Crippen molar-refractivity contribution in [3.63, 3.8) is 0 Å². The van der Waals surface area contributed by atoms with Gasteiger partial charge < -0.3 is 14.6 Å². The minimum absolute atomic E-state index is 0.121. The maximum Gasteiger partial charge on any atom is 0.230 e. The van der Waals surface area contributed by atoms with Gasteiger partial charge in [0.15, 0.2) is 0 Å². The summed E-state index contributed by atoms with van der Waals surface area (Å²) in [6.45, 7) is 7.27. The molecule has 0 fully saturated rings. The molecule has 0 radical (unpaired) electrons. The number of rotatable bonds is 7. The molecular weight excluding hydrogens is 410 g/mol. The van der Waals surface area contributed by atoms with Gasteiger partial charge in [-0.2, -0.15) is 0 Å². The standard InChI is InChI=1S/C28H33N3O2/c1-4-30(5-2)28(32)21-15-23-22-10-8-11-24-27(22)20(17-29-24)16-25(23)31(18-21)14-13-19-9-6-7-12-26(19)33-3/h6-12,15,17,21,25,29H,4-5,13-14,16,18H2,1-3H3/t21-,25?/m1/s1. The molecule has 1 aromatic heterocycles. The molecule has 1 aliphatic heterocycles. The highest BCUT2D eigenvalue weighted by Gasteiger charge is 2.37. The van der Waals surface area contributed by atoms with Gasteiger partial charge in [0.1, 0.15) is 5.75 Å². The lowest BCUT2D eigenvalue weighted by molar-refractivity contribution is -0.134. The predicted octanol–water partition coefficient (Wildman–Crippen LogP) is 4.53. The third-order valence-corrected chi connectivity index (χ3v) is 7.38. The zero-order valence-corrected chi connectivity index (χ0v) is 19.8. The van der Waals surface area contributed by atoms with E-state index in [4.69, 9.17) is 4.74 Å². The Morgan fingerprint density at radius 1 is 1.15 bits per heavy atom. The van der Waals surface area contributed by atoms with Gasteiger partial charge in [0.2, 0.25) is 5.91 Å². The number of aromatic amines is 1. The summed E-state index contributed by atoms with van der Waals surface area (Å²) in [7, 11) is 1.73. The van der Waals surface area contributed by atoms with Crippen molar-refractivity contribution < 1.29 is 9.53 Å². The molecule has 5 nitrogen and oxygen atoms in total. The number of nitrogens with one attached hydrogen (secondary N) is 1. The molecule has 0 saturated carbocycles. The average Bonchev–Trinajstić information content (AvgIpc) is 3.27. The second kappa shape index (κ2) is 9.06. The number of carbonyl (C=O) groups excluding carboxylic acids is 1. The second-order valence-corrected chi connectivity index (χ2v) is 9.06. The summed E-state index contributed by atoms with van der Waals surface area (Å²) < 4.78 is 5.59. The van der Waals surface area contributed by atoms with Crippen molar-refractivity contribution in [1.29, 1.82) is 0 Å². The molecule has 5 heteroatoms. The highest BCUT2D eigenvalue weighted by atomic mass is 16.5. The van der Waals surface area contributed by atoms with Crippen LogP contribution in [0.4, 0.5) is 0 Å². The van der Waals surface area contributed by atoms with Crippen LogP contribution in [0, 0.1) is 5.92 Å². The summed E-state index contributed by atoms with van der Waals surface area (Å²) >= 11 is 0. The average molecular weight is 444 g/mol. The molecule has 2 aliphatic rings. The number of hydrogen-bond acceptors (Lipinski definition) is 3. The van der Waals surface area contributed by atoms with Crippen LogP contribution in [0.15, 0.2) is 54.7 Å². The Bertz CT molecular complexity index is 1190. The van der Waals surface area contributed by atoms with E-state index in [9.17, 15) is 4.79 Å². The summed E-state index contributed by atoms with van der Waals surface area (Å²) in [5.74, 6) is 1.05. The third kappa shape index (κ3) is 3.84. The van der Waals surface area contributed by atoms with Crippen LogP contribution in [0.25, 0.3) is 16.5 Å². The molecule has 1 N–H and O–H groups in total. The van der Waals surface area contributed by atoms with E-state index in [1.54, 1.807) is 7.11 Å². The maximum atomic E-state index is 13.4. The van der Waals surface area contributed by atoms with Gasteiger partial charge in [-0.25, -0.2) is 0 Å². The topological polar surface area (TPSA) is 48.6 Å². The first kappa shape index (κ1) is 21.8. The van der Waals surface area contributed by atoms with E-state index in [0.717, 1.165) is 44.8 Å². The summed E-state index contributed by atoms with van der Waals surface area (Å²) in [4.78, 5) is 21.4. The molecule has 1 aliphatic carbocycles. The number of ether oxygens (including phenoxy) is 1. The number of aromatic nitrogens is 1. The van der Waals surface area contributed by atoms with Gasteiger partial charge >= 0.3 is 0 Å². The van der Waals surface area contributed by atoms with E-state index < -0.39 is 0 Å². The molecule has 2 aromatic carbocycles. The van der Waals surface area contributed by atoms with Crippen molar-refractivity contribution >= 4 is 22.4 Å². The molecule has 0 spiro atoms. The van der Waals surface area contributed by atoms with E-state index in [0.29, 0.717) is 0 Å². The van der Waals surface area contributed by atoms with Gasteiger partial charge in [-0.15, -0.1) is 0 Å². The van der Waals surface area contributed by atoms with Crippen LogP contribution in [0.2, 0.25) is 0 Å². The fraction of sp³-hybridized carbons (Fsp3) is 0.393. The Morgan fingerprint density at radius 3 is 2.76 bits per heavy atom. The van der Waals surface area contributed by atoms with Crippen LogP contribution >= 0.6 is 0 Å². The van der Waals surface area contributed by atoms with Crippen LogP contribution in [-0.4, -0.2) is 60.0 Å². The Morgan fingerprint density at radius 2 is 1.97 bits per heavy atom. The van der Waals surface area contributed by atoms with Crippen LogP contribution in [-0.2, 0) is 17.6 Å². The van der Waals surface area contributed by atoms with Gasteiger partial charge in [0.05, 0.1) is 13.0 Å². The van der Waals surface area contributed by atoms with Crippen LogP contribution in [0.5, 0.6) is 5.75 Å². The lowest BCUT2D eigenvalue weighted by Crippen LogP contribution is -2.49. The van der Waals surface area contributed by atoms with Crippen molar-refractivity contribution in [1.82, 2.24) is 14.8 Å². The summed E-state index contributed by atoms with van der Waals surface area (Å²) in [6.07, 6.45) is 6.30. The minimum Gasteiger partial charge on any atom is -0.496 e. The monoisotopic (exact) mass is 443 g/mol. The lowest BCUT2D eigenvalue weighted by Gasteiger charge is -2.42. The Kier molecular flexibility index (Phi) is 5.98. The largest absolute Gasteiger partial charge is 0.496 e. The van der Waals surface area contributed by atoms with E-state index in [-0.39, 0.29) is 17.9 Å². The zero-order valence-electron chi connectivity index (χ0n) is 19.8. The number of benzene rings is 2. The van der Waals surface area contributed by atoms with Gasteiger partial charge in [-0.1, -0.05) is 36.4 Å². The minimum atomic E-state index is -0.121. The molecule has 2 heterocycles. The first-order chi connectivity index (χ1) is 16.1. The van der Waals surface area contributed by atoms with E-state index in [1.807, 2.05) is 17.0 Å².